The summed E-state index contributed by atoms with van der Waals surface area (Å²) in [6.07, 6.45) is 0.719. The number of rotatable bonds is 9. The van der Waals surface area contributed by atoms with E-state index in [-0.39, 0.29) is 30.8 Å². The van der Waals surface area contributed by atoms with Crippen LogP contribution in [0.2, 0.25) is 0 Å². The molecular formula is C28H31N5O7. The maximum atomic E-state index is 11.2. The largest absolute Gasteiger partial charge is 0.411 e. The standard InChI is InChI=1S/C28H31N5O7/c29-26(36)38-19-5-1-17(2-6-19)23-22(10-13-34)25(33-15-21-9-11-28(16-33,40-21)12-14-35)32-24(31-23)18-3-7-20(8-4-18)39-27(30)37/h1-8,21,34-35H,9-16H2,(H2,29,36)(H2,30,37). The zero-order chi connectivity index (χ0) is 28.3. The highest BCUT2D eigenvalue weighted by Crippen LogP contribution is 2.42. The van der Waals surface area contributed by atoms with E-state index in [0.717, 1.165) is 24.0 Å². The first kappa shape index (κ1) is 27.3. The topological polar surface area (TPSA) is 183 Å². The third kappa shape index (κ3) is 5.83. The highest BCUT2D eigenvalue weighted by atomic mass is 16.6. The number of hydrogen-bond donors (Lipinski definition) is 4. The number of ether oxygens (including phenoxy) is 3. The Labute approximate surface area is 230 Å². The van der Waals surface area contributed by atoms with Crippen molar-refractivity contribution in [3.8, 4) is 34.1 Å². The summed E-state index contributed by atoms with van der Waals surface area (Å²) in [5.41, 5.74) is 12.6. The molecule has 0 aliphatic carbocycles. The van der Waals surface area contributed by atoms with Crippen molar-refractivity contribution >= 4 is 18.0 Å². The van der Waals surface area contributed by atoms with E-state index >= 15 is 0 Å². The van der Waals surface area contributed by atoms with Gasteiger partial charge in [0.05, 0.1) is 17.4 Å². The number of carbonyl (C=O) groups is 2. The van der Waals surface area contributed by atoms with E-state index in [4.69, 9.17) is 35.6 Å². The highest BCUT2D eigenvalue weighted by Gasteiger charge is 2.46. The van der Waals surface area contributed by atoms with Crippen LogP contribution in [0.4, 0.5) is 15.4 Å². The lowest BCUT2D eigenvalue weighted by Gasteiger charge is -2.41. The third-order valence-electron chi connectivity index (χ3n) is 7.13. The first-order chi connectivity index (χ1) is 19.3. The lowest BCUT2D eigenvalue weighted by Crippen LogP contribution is -2.51. The fourth-order valence-corrected chi connectivity index (χ4v) is 5.46. The number of carbonyl (C=O) groups excluding carboxylic acids is 2. The molecule has 2 saturated heterocycles. The Bertz CT molecular complexity index is 1380. The molecule has 0 saturated carbocycles. The Kier molecular flexibility index (Phi) is 7.83. The van der Waals surface area contributed by atoms with Gasteiger partial charge in [-0.15, -0.1) is 0 Å². The summed E-state index contributed by atoms with van der Waals surface area (Å²) in [7, 11) is 0. The first-order valence-corrected chi connectivity index (χ1v) is 13.0. The van der Waals surface area contributed by atoms with Crippen LogP contribution >= 0.6 is 0 Å². The molecule has 2 aliphatic heterocycles. The number of fused-ring (bicyclic) bond motifs is 2. The summed E-state index contributed by atoms with van der Waals surface area (Å²) < 4.78 is 16.2. The fraction of sp³-hybridized carbons (Fsp3) is 0.357. The van der Waals surface area contributed by atoms with Crippen molar-refractivity contribution in [2.75, 3.05) is 31.2 Å². The minimum atomic E-state index is -0.914. The second-order valence-electron chi connectivity index (χ2n) is 9.88. The van der Waals surface area contributed by atoms with Crippen LogP contribution < -0.4 is 25.8 Å². The van der Waals surface area contributed by atoms with Gasteiger partial charge in [-0.25, -0.2) is 19.6 Å². The van der Waals surface area contributed by atoms with Crippen molar-refractivity contribution in [1.82, 2.24) is 9.97 Å². The maximum Gasteiger partial charge on any atom is 0.409 e. The van der Waals surface area contributed by atoms with E-state index in [9.17, 15) is 19.8 Å². The van der Waals surface area contributed by atoms with Gasteiger partial charge in [-0.2, -0.15) is 0 Å². The molecule has 3 heterocycles. The number of aromatic nitrogens is 2. The zero-order valence-electron chi connectivity index (χ0n) is 21.8. The second kappa shape index (κ2) is 11.5. The summed E-state index contributed by atoms with van der Waals surface area (Å²) in [6, 6.07) is 13.4. The van der Waals surface area contributed by atoms with Gasteiger partial charge in [-0.3, -0.25) is 0 Å². The van der Waals surface area contributed by atoms with Crippen molar-refractivity contribution < 1.29 is 34.0 Å². The van der Waals surface area contributed by atoms with Crippen LogP contribution in [0.15, 0.2) is 48.5 Å². The average molecular weight is 550 g/mol. The minimum absolute atomic E-state index is 0.000365. The van der Waals surface area contributed by atoms with E-state index < -0.39 is 17.8 Å². The molecule has 40 heavy (non-hydrogen) atoms. The number of aliphatic hydroxyl groups excluding tert-OH is 2. The Balaban J connectivity index is 1.62. The molecule has 5 rings (SSSR count). The molecule has 0 spiro atoms. The van der Waals surface area contributed by atoms with Crippen LogP contribution in [0, 0.1) is 0 Å². The fourth-order valence-electron chi connectivity index (χ4n) is 5.46. The molecular weight excluding hydrogens is 518 g/mol. The minimum Gasteiger partial charge on any atom is -0.411 e. The molecule has 210 valence electrons. The Morgan fingerprint density at radius 3 is 2.15 bits per heavy atom. The molecule has 0 radical (unpaired) electrons. The monoisotopic (exact) mass is 549 g/mol. The molecule has 12 heteroatoms. The maximum absolute atomic E-state index is 11.2. The first-order valence-electron chi connectivity index (χ1n) is 13.0. The van der Waals surface area contributed by atoms with Gasteiger partial charge in [0, 0.05) is 55.8 Å². The van der Waals surface area contributed by atoms with Gasteiger partial charge in [0.1, 0.15) is 17.3 Å². The number of nitrogens with zero attached hydrogens (tertiary/aromatic N) is 3. The molecule has 2 aromatic carbocycles. The molecule has 3 aromatic rings. The van der Waals surface area contributed by atoms with Crippen molar-refractivity contribution in [2.45, 2.75) is 37.4 Å². The highest BCUT2D eigenvalue weighted by molar-refractivity contribution is 5.75. The van der Waals surface area contributed by atoms with Crippen molar-refractivity contribution in [3.05, 3.63) is 54.1 Å². The molecule has 12 nitrogen and oxygen atoms in total. The number of benzene rings is 2. The van der Waals surface area contributed by atoms with Crippen LogP contribution in [-0.4, -0.2) is 70.4 Å². The van der Waals surface area contributed by atoms with Crippen LogP contribution in [0.3, 0.4) is 0 Å². The van der Waals surface area contributed by atoms with Gasteiger partial charge in [0.2, 0.25) is 0 Å². The summed E-state index contributed by atoms with van der Waals surface area (Å²) in [5.74, 6) is 1.66. The van der Waals surface area contributed by atoms with Crippen LogP contribution in [0.25, 0.3) is 22.6 Å². The second-order valence-corrected chi connectivity index (χ2v) is 9.88. The third-order valence-corrected chi connectivity index (χ3v) is 7.13. The smallest absolute Gasteiger partial charge is 0.409 e. The lowest BCUT2D eigenvalue weighted by atomic mass is 9.95. The average Bonchev–Trinajstić information content (AvgIpc) is 3.22. The predicted octanol–water partition coefficient (Wildman–Crippen LogP) is 2.38. The predicted molar refractivity (Wildman–Crippen MR) is 145 cm³/mol. The molecule has 1 aromatic heterocycles. The Hall–Kier alpha value is -4.26. The number of amides is 2. The molecule has 6 N–H and O–H groups in total. The van der Waals surface area contributed by atoms with E-state index in [1.807, 2.05) is 0 Å². The molecule has 2 bridgehead atoms. The van der Waals surface area contributed by atoms with Crippen molar-refractivity contribution in [3.63, 3.8) is 0 Å². The van der Waals surface area contributed by atoms with Crippen molar-refractivity contribution in [2.24, 2.45) is 11.5 Å². The number of primary amides is 2. The number of morpholine rings is 1. The van der Waals surface area contributed by atoms with E-state index in [2.05, 4.69) is 4.90 Å². The van der Waals surface area contributed by atoms with Crippen molar-refractivity contribution in [1.29, 1.82) is 0 Å². The van der Waals surface area contributed by atoms with Gasteiger partial charge in [0.25, 0.3) is 0 Å². The zero-order valence-corrected chi connectivity index (χ0v) is 21.8. The van der Waals surface area contributed by atoms with E-state index in [1.165, 1.54) is 0 Å². The number of anilines is 1. The summed E-state index contributed by atoms with van der Waals surface area (Å²) in [6.45, 7) is 1.04. The van der Waals surface area contributed by atoms with Gasteiger partial charge < -0.3 is 40.8 Å². The quantitative estimate of drug-likeness (QED) is 0.309. The molecule has 2 amide bonds. The molecule has 2 aliphatic rings. The van der Waals surface area contributed by atoms with Gasteiger partial charge >= 0.3 is 12.2 Å². The van der Waals surface area contributed by atoms with Gasteiger partial charge in [-0.1, -0.05) is 0 Å². The Morgan fingerprint density at radius 2 is 1.57 bits per heavy atom. The summed E-state index contributed by atoms with van der Waals surface area (Å²) in [5, 5.41) is 19.8. The van der Waals surface area contributed by atoms with E-state index in [0.29, 0.717) is 48.8 Å². The van der Waals surface area contributed by atoms with E-state index in [1.54, 1.807) is 48.5 Å². The number of nitrogens with two attached hydrogens (primary N) is 2. The van der Waals surface area contributed by atoms with Crippen LogP contribution in [-0.2, 0) is 11.2 Å². The molecule has 2 atom stereocenters. The van der Waals surface area contributed by atoms with Crippen LogP contribution in [0.5, 0.6) is 11.5 Å². The molecule has 2 unspecified atom stereocenters. The normalized spacial score (nSPS) is 19.9. The van der Waals surface area contributed by atoms with Crippen LogP contribution in [0.1, 0.15) is 24.8 Å². The number of aliphatic hydroxyl groups is 2. The summed E-state index contributed by atoms with van der Waals surface area (Å²) in [4.78, 5) is 34.4. The molecule has 2 fully saturated rings. The van der Waals surface area contributed by atoms with Gasteiger partial charge in [0.15, 0.2) is 5.82 Å². The van der Waals surface area contributed by atoms with Gasteiger partial charge in [-0.05, 0) is 61.4 Å². The lowest BCUT2D eigenvalue weighted by molar-refractivity contribution is -0.0653. The Morgan fingerprint density at radius 1 is 0.950 bits per heavy atom. The number of hydrogen-bond acceptors (Lipinski definition) is 10. The summed E-state index contributed by atoms with van der Waals surface area (Å²) >= 11 is 0. The SMILES string of the molecule is NC(=O)Oc1ccc(-c2nc(-c3ccc(OC(N)=O)cc3)c(CCO)c(N3CC4CCC(CCO)(C3)O4)n2)cc1.